The molecule has 0 spiro atoms. The Bertz CT molecular complexity index is 61.4. The Morgan fingerprint density at radius 2 is 1.88 bits per heavy atom. The highest BCUT2D eigenvalue weighted by molar-refractivity contribution is 4.46. The van der Waals surface area contributed by atoms with E-state index in [0.717, 1.165) is 13.1 Å². The first-order valence-electron chi connectivity index (χ1n) is 2.86. The summed E-state index contributed by atoms with van der Waals surface area (Å²) in [6.07, 6.45) is 0. The van der Waals surface area contributed by atoms with Gasteiger partial charge in [-0.15, -0.1) is 4.91 Å². The molecule has 0 aliphatic heterocycles. The second-order valence-corrected chi connectivity index (χ2v) is 1.57. The monoisotopic (exact) mass is 116 g/mol. The fraction of sp³-hybridized carbons (Fsp3) is 1.00. The highest BCUT2D eigenvalue weighted by Gasteiger charge is 1.94. The van der Waals surface area contributed by atoms with Crippen molar-refractivity contribution in [1.82, 2.24) is 4.90 Å². The first-order valence-corrected chi connectivity index (χ1v) is 2.86. The average molecular weight is 116 g/mol. The summed E-state index contributed by atoms with van der Waals surface area (Å²) in [5.74, 6) is 0. The van der Waals surface area contributed by atoms with Crippen LogP contribution in [0.15, 0.2) is 5.18 Å². The number of nitroso groups, excluding NO2 is 1. The first-order chi connectivity index (χ1) is 3.85. The van der Waals surface area contributed by atoms with Crippen LogP contribution in [0.2, 0.25) is 0 Å². The van der Waals surface area contributed by atoms with Gasteiger partial charge in [-0.25, -0.2) is 0 Å². The molecule has 0 radical (unpaired) electrons. The number of hydrogen-bond donors (Lipinski definition) is 0. The molecule has 0 aliphatic carbocycles. The van der Waals surface area contributed by atoms with Crippen LogP contribution in [-0.4, -0.2) is 24.7 Å². The van der Waals surface area contributed by atoms with Crippen molar-refractivity contribution < 1.29 is 0 Å². The van der Waals surface area contributed by atoms with Gasteiger partial charge in [0.15, 0.2) is 0 Å². The lowest BCUT2D eigenvalue weighted by Gasteiger charge is -2.11. The van der Waals surface area contributed by atoms with Crippen LogP contribution in [0.3, 0.4) is 0 Å². The Kier molecular flexibility index (Phi) is 4.45. The third-order valence-corrected chi connectivity index (χ3v) is 1.15. The molecular formula is C5H12N2O. The van der Waals surface area contributed by atoms with Crippen LogP contribution < -0.4 is 0 Å². The average Bonchev–Trinajstić information content (AvgIpc) is 1.83. The topological polar surface area (TPSA) is 32.7 Å². The molecule has 0 N–H and O–H groups in total. The van der Waals surface area contributed by atoms with E-state index in [1.54, 1.807) is 0 Å². The highest BCUT2D eigenvalue weighted by Crippen LogP contribution is 1.84. The smallest absolute Gasteiger partial charge is 0.133 e. The Hall–Kier alpha value is -0.440. The number of nitrogens with zero attached hydrogens (tertiary/aromatic N) is 2. The van der Waals surface area contributed by atoms with Crippen LogP contribution in [0.4, 0.5) is 0 Å². The molecule has 0 aromatic rings. The molecule has 0 unspecified atom stereocenters. The van der Waals surface area contributed by atoms with Gasteiger partial charge in [0.2, 0.25) is 0 Å². The molecule has 3 nitrogen and oxygen atoms in total. The molecule has 0 rings (SSSR count). The maximum atomic E-state index is 9.64. The van der Waals surface area contributed by atoms with E-state index in [9.17, 15) is 4.91 Å². The van der Waals surface area contributed by atoms with Crippen LogP contribution >= 0.6 is 0 Å². The zero-order valence-electron chi connectivity index (χ0n) is 5.42. The molecule has 0 aromatic heterocycles. The van der Waals surface area contributed by atoms with Gasteiger partial charge in [0.25, 0.3) is 0 Å². The van der Waals surface area contributed by atoms with Gasteiger partial charge in [-0.3, -0.25) is 4.90 Å². The summed E-state index contributed by atoms with van der Waals surface area (Å²) >= 11 is 0. The Morgan fingerprint density at radius 3 is 2.00 bits per heavy atom. The molecule has 0 heterocycles. The van der Waals surface area contributed by atoms with Gasteiger partial charge in [-0.05, 0) is 13.1 Å². The second kappa shape index (κ2) is 4.71. The van der Waals surface area contributed by atoms with Gasteiger partial charge in [0.05, 0.1) is 0 Å². The molecule has 0 aromatic carbocycles. The van der Waals surface area contributed by atoms with Crippen LogP contribution in [0.1, 0.15) is 13.8 Å². The van der Waals surface area contributed by atoms with Crippen LogP contribution in [0.25, 0.3) is 0 Å². The van der Waals surface area contributed by atoms with Crippen LogP contribution in [0.5, 0.6) is 0 Å². The van der Waals surface area contributed by atoms with E-state index >= 15 is 0 Å². The third-order valence-electron chi connectivity index (χ3n) is 1.15. The van der Waals surface area contributed by atoms with Gasteiger partial charge in [-0.2, -0.15) is 0 Å². The van der Waals surface area contributed by atoms with E-state index in [4.69, 9.17) is 0 Å². The Balaban J connectivity index is 3.20. The van der Waals surface area contributed by atoms with E-state index in [1.165, 1.54) is 0 Å². The van der Waals surface area contributed by atoms with E-state index in [-0.39, 0.29) is 0 Å². The summed E-state index contributed by atoms with van der Waals surface area (Å²) in [5.41, 5.74) is 0. The summed E-state index contributed by atoms with van der Waals surface area (Å²) in [5, 5.41) is 2.75. The van der Waals surface area contributed by atoms with Crippen molar-refractivity contribution in [3.63, 3.8) is 0 Å². The lowest BCUT2D eigenvalue weighted by molar-refractivity contribution is 0.313. The number of hydrogen-bond acceptors (Lipinski definition) is 3. The van der Waals surface area contributed by atoms with E-state index in [0.29, 0.717) is 6.67 Å². The molecule has 0 saturated heterocycles. The minimum atomic E-state index is 0.326. The SMILES string of the molecule is CCN(CC)CN=O. The molecule has 3 heteroatoms. The minimum absolute atomic E-state index is 0.326. The lowest BCUT2D eigenvalue weighted by Crippen LogP contribution is -2.22. The Labute approximate surface area is 49.7 Å². The fourth-order valence-corrected chi connectivity index (χ4v) is 0.505. The molecule has 0 bridgehead atoms. The summed E-state index contributed by atoms with van der Waals surface area (Å²) < 4.78 is 0. The lowest BCUT2D eigenvalue weighted by atomic mass is 10.6. The van der Waals surface area contributed by atoms with Gasteiger partial charge >= 0.3 is 0 Å². The van der Waals surface area contributed by atoms with Crippen LogP contribution in [0, 0.1) is 4.91 Å². The van der Waals surface area contributed by atoms with Crippen molar-refractivity contribution in [2.75, 3.05) is 19.8 Å². The fourth-order valence-electron chi connectivity index (χ4n) is 0.505. The predicted octanol–water partition coefficient (Wildman–Crippen LogP) is 1.05. The van der Waals surface area contributed by atoms with Gasteiger partial charge in [0, 0.05) is 0 Å². The van der Waals surface area contributed by atoms with Gasteiger partial charge in [-0.1, -0.05) is 19.0 Å². The normalized spacial score (nSPS) is 9.88. The van der Waals surface area contributed by atoms with Crippen molar-refractivity contribution in [2.45, 2.75) is 13.8 Å². The summed E-state index contributed by atoms with van der Waals surface area (Å²) in [6, 6.07) is 0. The van der Waals surface area contributed by atoms with Crippen molar-refractivity contribution >= 4 is 0 Å². The molecule has 0 amide bonds. The van der Waals surface area contributed by atoms with E-state index in [1.807, 2.05) is 18.7 Å². The molecule has 0 fully saturated rings. The molecule has 0 aliphatic rings. The van der Waals surface area contributed by atoms with Crippen molar-refractivity contribution in [1.29, 1.82) is 0 Å². The summed E-state index contributed by atoms with van der Waals surface area (Å²) in [6.45, 7) is 6.15. The Morgan fingerprint density at radius 1 is 1.38 bits per heavy atom. The molecule has 0 saturated carbocycles. The number of rotatable bonds is 4. The molecular weight excluding hydrogens is 104 g/mol. The van der Waals surface area contributed by atoms with Crippen LogP contribution in [-0.2, 0) is 0 Å². The third kappa shape index (κ3) is 2.69. The second-order valence-electron chi connectivity index (χ2n) is 1.57. The van der Waals surface area contributed by atoms with Crippen molar-refractivity contribution in [3.05, 3.63) is 4.91 Å². The van der Waals surface area contributed by atoms with Crippen molar-refractivity contribution in [3.8, 4) is 0 Å². The maximum absolute atomic E-state index is 9.64. The first kappa shape index (κ1) is 7.56. The zero-order chi connectivity index (χ0) is 6.41. The van der Waals surface area contributed by atoms with Gasteiger partial charge in [0.1, 0.15) is 6.67 Å². The minimum Gasteiger partial charge on any atom is -0.282 e. The zero-order valence-corrected chi connectivity index (χ0v) is 5.42. The highest BCUT2D eigenvalue weighted by atomic mass is 16.3. The van der Waals surface area contributed by atoms with E-state index in [2.05, 4.69) is 5.18 Å². The van der Waals surface area contributed by atoms with Gasteiger partial charge < -0.3 is 0 Å². The summed E-state index contributed by atoms with van der Waals surface area (Å²) in [7, 11) is 0. The molecule has 48 valence electrons. The molecule has 8 heavy (non-hydrogen) atoms. The standard InChI is InChI=1S/C5H12N2O/c1-3-7(4-2)5-6-8/h3-5H2,1-2H3. The van der Waals surface area contributed by atoms with E-state index < -0.39 is 0 Å². The molecule has 0 atom stereocenters. The largest absolute Gasteiger partial charge is 0.282 e. The van der Waals surface area contributed by atoms with Crippen molar-refractivity contribution in [2.24, 2.45) is 5.18 Å². The summed E-state index contributed by atoms with van der Waals surface area (Å²) in [4.78, 5) is 11.6. The predicted molar refractivity (Wildman–Crippen MR) is 33.6 cm³/mol. The quantitative estimate of drug-likeness (QED) is 0.514. The maximum Gasteiger partial charge on any atom is 0.133 e.